The van der Waals surface area contributed by atoms with Crippen LogP contribution in [0.25, 0.3) is 0 Å². The molecule has 1 aromatic rings. The third kappa shape index (κ3) is 5.52. The van der Waals surface area contributed by atoms with Crippen molar-refractivity contribution in [3.05, 3.63) is 28.8 Å². The van der Waals surface area contributed by atoms with E-state index in [1.807, 2.05) is 0 Å². The summed E-state index contributed by atoms with van der Waals surface area (Å²) in [6, 6.07) is 7.31. The minimum Gasteiger partial charge on any atom is -0.371 e. The SMILES string of the molecule is CCCCN(CCCC)c1ccc(CNC2CC2)c(Cl)c1. The van der Waals surface area contributed by atoms with Gasteiger partial charge in [-0.15, -0.1) is 0 Å². The van der Waals surface area contributed by atoms with Crippen LogP contribution in [0.2, 0.25) is 5.02 Å². The van der Waals surface area contributed by atoms with Gasteiger partial charge in [-0.3, -0.25) is 0 Å². The van der Waals surface area contributed by atoms with Crippen LogP contribution in [0.1, 0.15) is 57.9 Å². The predicted molar refractivity (Wildman–Crippen MR) is 93.3 cm³/mol. The zero-order chi connectivity index (χ0) is 15.1. The molecule has 3 heteroatoms. The van der Waals surface area contributed by atoms with Crippen LogP contribution < -0.4 is 10.2 Å². The minimum atomic E-state index is 0.728. The van der Waals surface area contributed by atoms with Gasteiger partial charge in [-0.05, 0) is 43.4 Å². The number of nitrogens with one attached hydrogen (secondary N) is 1. The fourth-order valence-corrected chi connectivity index (χ4v) is 2.73. The molecule has 0 aliphatic heterocycles. The van der Waals surface area contributed by atoms with Crippen LogP contribution in [-0.4, -0.2) is 19.1 Å². The summed E-state index contributed by atoms with van der Waals surface area (Å²) >= 11 is 6.48. The van der Waals surface area contributed by atoms with E-state index in [1.165, 1.54) is 49.8 Å². The van der Waals surface area contributed by atoms with E-state index in [0.29, 0.717) is 0 Å². The first-order chi connectivity index (χ1) is 10.2. The molecular weight excluding hydrogens is 280 g/mol. The summed E-state index contributed by atoms with van der Waals surface area (Å²) in [5, 5.41) is 4.43. The van der Waals surface area contributed by atoms with Crippen LogP contribution in [0, 0.1) is 0 Å². The van der Waals surface area contributed by atoms with Crippen LogP contribution in [-0.2, 0) is 6.54 Å². The lowest BCUT2D eigenvalue weighted by molar-refractivity contribution is 0.676. The third-order valence-electron chi connectivity index (χ3n) is 4.12. The van der Waals surface area contributed by atoms with Gasteiger partial charge in [0.25, 0.3) is 0 Å². The number of nitrogens with zero attached hydrogens (tertiary/aromatic N) is 1. The molecule has 21 heavy (non-hydrogen) atoms. The van der Waals surface area contributed by atoms with E-state index in [-0.39, 0.29) is 0 Å². The smallest absolute Gasteiger partial charge is 0.0471 e. The molecule has 118 valence electrons. The van der Waals surface area contributed by atoms with Gasteiger partial charge in [-0.1, -0.05) is 44.4 Å². The van der Waals surface area contributed by atoms with Gasteiger partial charge in [0.1, 0.15) is 0 Å². The summed E-state index contributed by atoms with van der Waals surface area (Å²) in [6.07, 6.45) is 7.59. The summed E-state index contributed by atoms with van der Waals surface area (Å²) < 4.78 is 0. The molecular formula is C18H29ClN2. The van der Waals surface area contributed by atoms with Crippen molar-refractivity contribution in [3.8, 4) is 0 Å². The zero-order valence-electron chi connectivity index (χ0n) is 13.5. The fraction of sp³-hybridized carbons (Fsp3) is 0.667. The largest absolute Gasteiger partial charge is 0.371 e. The van der Waals surface area contributed by atoms with Gasteiger partial charge in [-0.25, -0.2) is 0 Å². The van der Waals surface area contributed by atoms with E-state index in [0.717, 1.165) is 30.7 Å². The molecule has 1 saturated carbocycles. The second-order valence-corrected chi connectivity index (χ2v) is 6.53. The van der Waals surface area contributed by atoms with Crippen molar-refractivity contribution in [1.82, 2.24) is 5.32 Å². The van der Waals surface area contributed by atoms with Gasteiger partial charge in [0.05, 0.1) is 0 Å². The Balaban J connectivity index is 1.99. The van der Waals surface area contributed by atoms with Gasteiger partial charge in [0.2, 0.25) is 0 Å². The summed E-state index contributed by atoms with van der Waals surface area (Å²) in [5.74, 6) is 0. The molecule has 0 amide bonds. The molecule has 1 fully saturated rings. The van der Waals surface area contributed by atoms with Crippen molar-refractivity contribution >= 4 is 17.3 Å². The Kier molecular flexibility index (Phi) is 6.85. The Morgan fingerprint density at radius 1 is 1.14 bits per heavy atom. The molecule has 1 aliphatic carbocycles. The minimum absolute atomic E-state index is 0.728. The Bertz CT molecular complexity index is 421. The monoisotopic (exact) mass is 308 g/mol. The molecule has 0 unspecified atom stereocenters. The molecule has 1 aromatic carbocycles. The summed E-state index contributed by atoms with van der Waals surface area (Å²) in [4.78, 5) is 2.48. The zero-order valence-corrected chi connectivity index (χ0v) is 14.3. The van der Waals surface area contributed by atoms with E-state index in [4.69, 9.17) is 11.6 Å². The molecule has 0 spiro atoms. The number of rotatable bonds is 10. The average molecular weight is 309 g/mol. The average Bonchev–Trinajstić information content (AvgIpc) is 3.30. The van der Waals surface area contributed by atoms with E-state index < -0.39 is 0 Å². The van der Waals surface area contributed by atoms with E-state index >= 15 is 0 Å². The molecule has 1 aliphatic rings. The van der Waals surface area contributed by atoms with Gasteiger partial charge >= 0.3 is 0 Å². The van der Waals surface area contributed by atoms with Crippen molar-refractivity contribution in [1.29, 1.82) is 0 Å². The maximum absolute atomic E-state index is 6.48. The highest BCUT2D eigenvalue weighted by molar-refractivity contribution is 6.31. The first-order valence-corrected chi connectivity index (χ1v) is 8.89. The van der Waals surface area contributed by atoms with Crippen molar-refractivity contribution in [2.24, 2.45) is 0 Å². The number of hydrogen-bond acceptors (Lipinski definition) is 2. The highest BCUT2D eigenvalue weighted by Crippen LogP contribution is 2.26. The first kappa shape index (κ1) is 16.6. The van der Waals surface area contributed by atoms with Crippen LogP contribution in [0.4, 0.5) is 5.69 Å². The second-order valence-electron chi connectivity index (χ2n) is 6.13. The molecule has 2 rings (SSSR count). The quantitative estimate of drug-likeness (QED) is 0.654. The van der Waals surface area contributed by atoms with Crippen molar-refractivity contribution < 1.29 is 0 Å². The molecule has 0 bridgehead atoms. The molecule has 0 heterocycles. The summed E-state index contributed by atoms with van der Waals surface area (Å²) in [5.41, 5.74) is 2.50. The Morgan fingerprint density at radius 2 is 1.81 bits per heavy atom. The Labute approximate surface area is 134 Å². The lowest BCUT2D eigenvalue weighted by Crippen LogP contribution is -2.25. The van der Waals surface area contributed by atoms with Crippen molar-refractivity contribution in [2.75, 3.05) is 18.0 Å². The maximum atomic E-state index is 6.48. The normalized spacial score (nSPS) is 14.4. The van der Waals surface area contributed by atoms with Crippen molar-refractivity contribution in [3.63, 3.8) is 0 Å². The third-order valence-corrected chi connectivity index (χ3v) is 4.48. The number of benzene rings is 1. The Hall–Kier alpha value is -0.730. The number of anilines is 1. The molecule has 0 aromatic heterocycles. The molecule has 0 saturated heterocycles. The van der Waals surface area contributed by atoms with Crippen LogP contribution in [0.15, 0.2) is 18.2 Å². The lowest BCUT2D eigenvalue weighted by atomic mass is 10.1. The fourth-order valence-electron chi connectivity index (χ4n) is 2.49. The lowest BCUT2D eigenvalue weighted by Gasteiger charge is -2.25. The van der Waals surface area contributed by atoms with Gasteiger partial charge < -0.3 is 10.2 Å². The van der Waals surface area contributed by atoms with Crippen LogP contribution in [0.3, 0.4) is 0 Å². The Morgan fingerprint density at radius 3 is 2.33 bits per heavy atom. The number of hydrogen-bond donors (Lipinski definition) is 1. The van der Waals surface area contributed by atoms with Crippen molar-refractivity contribution in [2.45, 2.75) is 65.0 Å². The number of halogens is 1. The summed E-state index contributed by atoms with van der Waals surface area (Å²) in [7, 11) is 0. The topological polar surface area (TPSA) is 15.3 Å². The predicted octanol–water partition coefficient (Wildman–Crippen LogP) is 5.00. The second kappa shape index (κ2) is 8.65. The van der Waals surface area contributed by atoms with E-state index in [9.17, 15) is 0 Å². The first-order valence-electron chi connectivity index (χ1n) is 8.51. The van der Waals surface area contributed by atoms with Crippen LogP contribution >= 0.6 is 11.6 Å². The highest BCUT2D eigenvalue weighted by Gasteiger charge is 2.20. The number of unbranched alkanes of at least 4 members (excludes halogenated alkanes) is 2. The molecule has 0 radical (unpaired) electrons. The summed E-state index contributed by atoms with van der Waals surface area (Å²) in [6.45, 7) is 7.65. The molecule has 0 atom stereocenters. The molecule has 2 nitrogen and oxygen atoms in total. The van der Waals surface area contributed by atoms with Gasteiger partial charge in [0.15, 0.2) is 0 Å². The van der Waals surface area contributed by atoms with Gasteiger partial charge in [0, 0.05) is 36.4 Å². The standard InChI is InChI=1S/C18H29ClN2/c1-3-5-11-21(12-6-4-2)17-10-7-15(18(19)13-17)14-20-16-8-9-16/h7,10,13,16,20H,3-6,8-9,11-12,14H2,1-2H3. The van der Waals surface area contributed by atoms with Gasteiger partial charge in [-0.2, -0.15) is 0 Å². The van der Waals surface area contributed by atoms with E-state index in [1.54, 1.807) is 0 Å². The maximum Gasteiger partial charge on any atom is 0.0471 e. The molecule has 1 N–H and O–H groups in total. The van der Waals surface area contributed by atoms with E-state index in [2.05, 4.69) is 42.3 Å². The van der Waals surface area contributed by atoms with Crippen LogP contribution in [0.5, 0.6) is 0 Å². The highest BCUT2D eigenvalue weighted by atomic mass is 35.5.